The van der Waals surface area contributed by atoms with Crippen molar-refractivity contribution in [3.63, 3.8) is 0 Å². The van der Waals surface area contributed by atoms with Gasteiger partial charge in [0, 0.05) is 6.20 Å². The molecule has 1 atom stereocenters. The van der Waals surface area contributed by atoms with Crippen LogP contribution in [0.1, 0.15) is 22.9 Å². The van der Waals surface area contributed by atoms with Crippen LogP contribution < -0.4 is 5.43 Å². The van der Waals surface area contributed by atoms with Crippen molar-refractivity contribution in [1.82, 2.24) is 4.98 Å². The first-order valence-electron chi connectivity index (χ1n) is 6.28. The normalized spacial score (nSPS) is 12.5. The predicted octanol–water partition coefficient (Wildman–Crippen LogP) is 2.58. The van der Waals surface area contributed by atoms with Crippen LogP contribution >= 0.6 is 0 Å². The van der Waals surface area contributed by atoms with Crippen molar-refractivity contribution in [3.8, 4) is 0 Å². The molecule has 0 bridgehead atoms. The second-order valence-corrected chi connectivity index (χ2v) is 4.68. The lowest BCUT2D eigenvalue weighted by Crippen LogP contribution is -2.15. The van der Waals surface area contributed by atoms with Crippen LogP contribution in [-0.2, 0) is 0 Å². The van der Waals surface area contributed by atoms with Gasteiger partial charge in [0.25, 0.3) is 0 Å². The molecule has 0 saturated carbocycles. The minimum absolute atomic E-state index is 0.196. The van der Waals surface area contributed by atoms with Gasteiger partial charge in [0.05, 0.1) is 16.6 Å². The zero-order chi connectivity index (χ0) is 14.1. The summed E-state index contributed by atoms with van der Waals surface area (Å²) < 4.78 is 5.43. The molecule has 0 saturated heterocycles. The smallest absolute Gasteiger partial charge is 0.198 e. The molecular formula is C16H13NO3. The van der Waals surface area contributed by atoms with Gasteiger partial charge in [0.2, 0.25) is 0 Å². The van der Waals surface area contributed by atoms with Crippen LogP contribution in [0.2, 0.25) is 0 Å². The van der Waals surface area contributed by atoms with Gasteiger partial charge < -0.3 is 9.52 Å². The standard InChI is InChI=1S/C16H13NO3/c1-10-5-6-14-11(8-10)15(18)12(9-20-14)16(19)13-4-2-3-7-17-13/h2-9,16,19H,1H3. The molecule has 0 fully saturated rings. The summed E-state index contributed by atoms with van der Waals surface area (Å²) in [4.78, 5) is 16.5. The van der Waals surface area contributed by atoms with Crippen LogP contribution in [0.15, 0.2) is 58.1 Å². The predicted molar refractivity (Wildman–Crippen MR) is 75.5 cm³/mol. The SMILES string of the molecule is Cc1ccc2occ(C(O)c3ccccn3)c(=O)c2c1. The molecular weight excluding hydrogens is 254 g/mol. The molecule has 1 N–H and O–H groups in total. The second kappa shape index (κ2) is 4.90. The highest BCUT2D eigenvalue weighted by Crippen LogP contribution is 2.20. The van der Waals surface area contributed by atoms with Crippen LogP contribution in [0.5, 0.6) is 0 Å². The lowest BCUT2D eigenvalue weighted by molar-refractivity contribution is 0.211. The highest BCUT2D eigenvalue weighted by atomic mass is 16.3. The molecule has 3 aromatic rings. The Morgan fingerprint density at radius 2 is 2.10 bits per heavy atom. The summed E-state index contributed by atoms with van der Waals surface area (Å²) >= 11 is 0. The number of aliphatic hydroxyl groups excluding tert-OH is 1. The van der Waals surface area contributed by atoms with E-state index in [1.54, 1.807) is 36.5 Å². The fraction of sp³-hybridized carbons (Fsp3) is 0.125. The average molecular weight is 267 g/mol. The van der Waals surface area contributed by atoms with Crippen LogP contribution in [0.4, 0.5) is 0 Å². The van der Waals surface area contributed by atoms with E-state index in [-0.39, 0.29) is 11.0 Å². The van der Waals surface area contributed by atoms with E-state index in [0.29, 0.717) is 16.7 Å². The summed E-state index contributed by atoms with van der Waals surface area (Å²) in [6.45, 7) is 1.90. The molecule has 4 heteroatoms. The fourth-order valence-corrected chi connectivity index (χ4v) is 2.15. The fourth-order valence-electron chi connectivity index (χ4n) is 2.15. The molecule has 4 nitrogen and oxygen atoms in total. The summed E-state index contributed by atoms with van der Waals surface area (Å²) in [5, 5.41) is 10.7. The molecule has 1 unspecified atom stereocenters. The van der Waals surface area contributed by atoms with Crippen molar-refractivity contribution in [2.75, 3.05) is 0 Å². The van der Waals surface area contributed by atoms with Crippen molar-refractivity contribution in [1.29, 1.82) is 0 Å². The van der Waals surface area contributed by atoms with Crippen molar-refractivity contribution >= 4 is 11.0 Å². The Kier molecular flexibility index (Phi) is 3.08. The number of aromatic nitrogens is 1. The number of hydrogen-bond donors (Lipinski definition) is 1. The van der Waals surface area contributed by atoms with E-state index < -0.39 is 6.10 Å². The zero-order valence-corrected chi connectivity index (χ0v) is 10.9. The number of aryl methyl sites for hydroxylation is 1. The number of nitrogens with zero attached hydrogens (tertiary/aromatic N) is 1. The van der Waals surface area contributed by atoms with Crippen LogP contribution in [0, 0.1) is 6.92 Å². The first-order chi connectivity index (χ1) is 9.66. The molecule has 0 aliphatic carbocycles. The zero-order valence-electron chi connectivity index (χ0n) is 10.9. The van der Waals surface area contributed by atoms with Gasteiger partial charge in [-0.25, -0.2) is 0 Å². The number of hydrogen-bond acceptors (Lipinski definition) is 4. The third-order valence-electron chi connectivity index (χ3n) is 3.22. The molecule has 20 heavy (non-hydrogen) atoms. The van der Waals surface area contributed by atoms with E-state index in [9.17, 15) is 9.90 Å². The molecule has 100 valence electrons. The van der Waals surface area contributed by atoms with E-state index in [1.807, 2.05) is 13.0 Å². The maximum atomic E-state index is 12.4. The average Bonchev–Trinajstić information content (AvgIpc) is 2.48. The van der Waals surface area contributed by atoms with Gasteiger partial charge in [0.1, 0.15) is 18.0 Å². The van der Waals surface area contributed by atoms with E-state index in [4.69, 9.17) is 4.42 Å². The van der Waals surface area contributed by atoms with E-state index >= 15 is 0 Å². The number of pyridine rings is 1. The summed E-state index contributed by atoms with van der Waals surface area (Å²) in [7, 11) is 0. The molecule has 3 rings (SSSR count). The molecule has 1 aromatic carbocycles. The minimum atomic E-state index is -1.09. The molecule has 0 spiro atoms. The Bertz CT molecular complexity index is 809. The minimum Gasteiger partial charge on any atom is -0.464 e. The van der Waals surface area contributed by atoms with Gasteiger partial charge in [-0.1, -0.05) is 17.7 Å². The Balaban J connectivity index is 2.18. The first-order valence-corrected chi connectivity index (χ1v) is 6.28. The molecule has 0 aliphatic rings. The van der Waals surface area contributed by atoms with Gasteiger partial charge in [-0.2, -0.15) is 0 Å². The Labute approximate surface area is 115 Å². The van der Waals surface area contributed by atoms with Crippen molar-refractivity contribution in [3.05, 3.63) is 75.9 Å². The van der Waals surface area contributed by atoms with Gasteiger partial charge in [-0.15, -0.1) is 0 Å². The van der Waals surface area contributed by atoms with Gasteiger partial charge in [0.15, 0.2) is 5.43 Å². The summed E-state index contributed by atoms with van der Waals surface area (Å²) in [5.41, 5.74) is 1.87. The molecule has 2 heterocycles. The first kappa shape index (κ1) is 12.6. The quantitative estimate of drug-likeness (QED) is 0.775. The second-order valence-electron chi connectivity index (χ2n) is 4.68. The maximum absolute atomic E-state index is 12.4. The van der Waals surface area contributed by atoms with Gasteiger partial charge in [-0.3, -0.25) is 9.78 Å². The third kappa shape index (κ3) is 2.10. The maximum Gasteiger partial charge on any atom is 0.198 e. The Hall–Kier alpha value is -2.46. The van der Waals surface area contributed by atoms with Crippen molar-refractivity contribution in [2.45, 2.75) is 13.0 Å². The Morgan fingerprint density at radius 3 is 2.85 bits per heavy atom. The van der Waals surface area contributed by atoms with Crippen LogP contribution in [0.3, 0.4) is 0 Å². The van der Waals surface area contributed by atoms with Crippen LogP contribution in [-0.4, -0.2) is 10.1 Å². The van der Waals surface area contributed by atoms with E-state index in [2.05, 4.69) is 4.98 Å². The molecule has 0 radical (unpaired) electrons. The summed E-state index contributed by atoms with van der Waals surface area (Å²) in [6.07, 6.45) is 1.79. The molecule has 0 amide bonds. The van der Waals surface area contributed by atoms with E-state index in [0.717, 1.165) is 5.56 Å². The van der Waals surface area contributed by atoms with Crippen LogP contribution in [0.25, 0.3) is 11.0 Å². The number of rotatable bonds is 2. The topological polar surface area (TPSA) is 63.3 Å². The molecule has 0 aliphatic heterocycles. The summed E-state index contributed by atoms with van der Waals surface area (Å²) in [6, 6.07) is 10.6. The van der Waals surface area contributed by atoms with Crippen molar-refractivity contribution < 1.29 is 9.52 Å². The van der Waals surface area contributed by atoms with Gasteiger partial charge >= 0.3 is 0 Å². The Morgan fingerprint density at radius 1 is 1.25 bits per heavy atom. The number of benzene rings is 1. The lowest BCUT2D eigenvalue weighted by atomic mass is 10.0. The highest BCUT2D eigenvalue weighted by molar-refractivity contribution is 5.77. The van der Waals surface area contributed by atoms with E-state index in [1.165, 1.54) is 6.26 Å². The highest BCUT2D eigenvalue weighted by Gasteiger charge is 2.17. The lowest BCUT2D eigenvalue weighted by Gasteiger charge is -2.09. The summed E-state index contributed by atoms with van der Waals surface area (Å²) in [5.74, 6) is 0. The monoisotopic (exact) mass is 267 g/mol. The van der Waals surface area contributed by atoms with Crippen molar-refractivity contribution in [2.24, 2.45) is 0 Å². The largest absolute Gasteiger partial charge is 0.464 e. The molecule has 2 aromatic heterocycles. The third-order valence-corrected chi connectivity index (χ3v) is 3.22. The number of aliphatic hydroxyl groups is 1. The number of fused-ring (bicyclic) bond motifs is 1. The van der Waals surface area contributed by atoms with Gasteiger partial charge in [-0.05, 0) is 31.2 Å².